The van der Waals surface area contributed by atoms with Gasteiger partial charge in [-0.15, -0.1) is 0 Å². The van der Waals surface area contributed by atoms with Crippen molar-refractivity contribution in [3.63, 3.8) is 0 Å². The van der Waals surface area contributed by atoms with Gasteiger partial charge in [-0.25, -0.2) is 0 Å². The van der Waals surface area contributed by atoms with E-state index in [-0.39, 0.29) is 0 Å². The van der Waals surface area contributed by atoms with Crippen LogP contribution in [0.2, 0.25) is 0 Å². The lowest BCUT2D eigenvalue weighted by Crippen LogP contribution is -1.98. The van der Waals surface area contributed by atoms with Crippen LogP contribution in [0.3, 0.4) is 0 Å². The van der Waals surface area contributed by atoms with Gasteiger partial charge in [0.1, 0.15) is 0 Å². The van der Waals surface area contributed by atoms with Crippen molar-refractivity contribution in [2.75, 3.05) is 0 Å². The van der Waals surface area contributed by atoms with Crippen LogP contribution in [0.15, 0.2) is 0 Å². The Labute approximate surface area is 86.1 Å². The van der Waals surface area contributed by atoms with Gasteiger partial charge < -0.3 is 0 Å². The molecule has 1 heteroatoms. The fourth-order valence-corrected chi connectivity index (χ4v) is 2.57. The van der Waals surface area contributed by atoms with Gasteiger partial charge in [-0.1, -0.05) is 67.0 Å². The standard InChI is InChI=1S/C12H24P/c13-12-10-8-6-4-2-1-3-5-7-9-11-12/h12-13H,1-11H2. The molecule has 0 aromatic heterocycles. The summed E-state index contributed by atoms with van der Waals surface area (Å²) in [5, 5.41) is 0. The molecule has 0 atom stereocenters. The summed E-state index contributed by atoms with van der Waals surface area (Å²) >= 11 is 0. The van der Waals surface area contributed by atoms with Crippen molar-refractivity contribution in [3.05, 3.63) is 0 Å². The Morgan fingerprint density at radius 3 is 1.23 bits per heavy atom. The molecule has 1 saturated carbocycles. The zero-order valence-electron chi connectivity index (χ0n) is 8.86. The van der Waals surface area contributed by atoms with E-state index in [1.54, 1.807) is 0 Å². The average molecular weight is 199 g/mol. The van der Waals surface area contributed by atoms with Crippen molar-refractivity contribution in [1.82, 2.24) is 0 Å². The van der Waals surface area contributed by atoms with Crippen LogP contribution in [0, 0.1) is 0 Å². The second-order valence-electron chi connectivity index (χ2n) is 4.46. The normalized spacial score (nSPS) is 24.7. The van der Waals surface area contributed by atoms with Gasteiger partial charge in [0.2, 0.25) is 0 Å². The van der Waals surface area contributed by atoms with Crippen LogP contribution in [0.25, 0.3) is 0 Å². The molecule has 0 N–H and O–H groups in total. The van der Waals surface area contributed by atoms with Crippen LogP contribution in [-0.4, -0.2) is 5.66 Å². The van der Waals surface area contributed by atoms with Gasteiger partial charge >= 0.3 is 0 Å². The lowest BCUT2D eigenvalue weighted by molar-refractivity contribution is 0.510. The quantitative estimate of drug-likeness (QED) is 0.491. The van der Waals surface area contributed by atoms with E-state index in [1.165, 1.54) is 70.6 Å². The van der Waals surface area contributed by atoms with Gasteiger partial charge in [-0.2, -0.15) is 0 Å². The smallest absolute Gasteiger partial charge is 0.0200 e. The van der Waals surface area contributed by atoms with Crippen molar-refractivity contribution < 1.29 is 0 Å². The first kappa shape index (κ1) is 11.5. The zero-order valence-corrected chi connectivity index (χ0v) is 9.86. The van der Waals surface area contributed by atoms with Crippen LogP contribution in [0.4, 0.5) is 0 Å². The van der Waals surface area contributed by atoms with Crippen LogP contribution >= 0.6 is 9.24 Å². The summed E-state index contributed by atoms with van der Waals surface area (Å²) in [6.07, 6.45) is 16.0. The molecule has 0 spiro atoms. The van der Waals surface area contributed by atoms with Crippen LogP contribution in [0.5, 0.6) is 0 Å². The summed E-state index contributed by atoms with van der Waals surface area (Å²) < 4.78 is 0. The molecule has 1 aliphatic rings. The Bertz CT molecular complexity index is 99.7. The van der Waals surface area contributed by atoms with E-state index in [0.717, 1.165) is 5.66 Å². The number of hydrogen-bond acceptors (Lipinski definition) is 0. The molecule has 0 unspecified atom stereocenters. The first-order chi connectivity index (χ1) is 6.39. The van der Waals surface area contributed by atoms with E-state index in [1.807, 2.05) is 0 Å². The minimum atomic E-state index is 0.805. The molecule has 0 aliphatic heterocycles. The first-order valence-electron chi connectivity index (χ1n) is 6.11. The SMILES string of the molecule is [PH]C1CCCCCCCCCCC1. The topological polar surface area (TPSA) is 0 Å². The summed E-state index contributed by atoms with van der Waals surface area (Å²) in [5.41, 5.74) is 0.805. The van der Waals surface area contributed by atoms with E-state index >= 15 is 0 Å². The second kappa shape index (κ2) is 7.80. The molecule has 1 radical (unpaired) electrons. The van der Waals surface area contributed by atoms with Crippen molar-refractivity contribution in [2.45, 2.75) is 76.3 Å². The van der Waals surface area contributed by atoms with E-state index in [0.29, 0.717) is 0 Å². The second-order valence-corrected chi connectivity index (χ2v) is 5.27. The summed E-state index contributed by atoms with van der Waals surface area (Å²) in [4.78, 5) is 0. The van der Waals surface area contributed by atoms with Crippen LogP contribution in [0.1, 0.15) is 70.6 Å². The molecule has 77 valence electrons. The Balaban J connectivity index is 2.11. The molecule has 0 heterocycles. The van der Waals surface area contributed by atoms with Gasteiger partial charge in [-0.3, -0.25) is 0 Å². The maximum absolute atomic E-state index is 3.83. The van der Waals surface area contributed by atoms with Gasteiger partial charge in [-0.05, 0) is 18.5 Å². The maximum Gasteiger partial charge on any atom is -0.0200 e. The number of hydrogen-bond donors (Lipinski definition) is 0. The molecule has 0 aromatic rings. The third kappa shape index (κ3) is 6.49. The first-order valence-corrected chi connectivity index (χ1v) is 6.68. The Morgan fingerprint density at radius 1 is 0.538 bits per heavy atom. The van der Waals surface area contributed by atoms with Crippen molar-refractivity contribution in [1.29, 1.82) is 0 Å². The predicted octanol–water partition coefficient (Wildman–Crippen LogP) is 4.80. The van der Waals surface area contributed by atoms with Crippen molar-refractivity contribution >= 4 is 9.24 Å². The molecular formula is C12H24P. The van der Waals surface area contributed by atoms with Crippen LogP contribution in [-0.2, 0) is 0 Å². The fourth-order valence-electron chi connectivity index (χ4n) is 2.16. The molecule has 0 nitrogen and oxygen atoms in total. The average Bonchev–Trinajstić information content (AvgIpc) is 2.11. The molecule has 0 amide bonds. The maximum atomic E-state index is 3.83. The molecule has 0 aromatic carbocycles. The predicted molar refractivity (Wildman–Crippen MR) is 62.9 cm³/mol. The minimum Gasteiger partial charge on any atom is -0.0958 e. The summed E-state index contributed by atoms with van der Waals surface area (Å²) in [5.74, 6) is 0. The molecule has 0 saturated heterocycles. The van der Waals surface area contributed by atoms with Gasteiger partial charge in [0.15, 0.2) is 0 Å². The minimum absolute atomic E-state index is 0.805. The Kier molecular flexibility index (Phi) is 6.90. The van der Waals surface area contributed by atoms with E-state index in [2.05, 4.69) is 9.24 Å². The van der Waals surface area contributed by atoms with Crippen molar-refractivity contribution in [3.8, 4) is 0 Å². The summed E-state index contributed by atoms with van der Waals surface area (Å²) in [7, 11) is 3.83. The molecule has 13 heavy (non-hydrogen) atoms. The van der Waals surface area contributed by atoms with Gasteiger partial charge in [0.05, 0.1) is 0 Å². The third-order valence-corrected chi connectivity index (χ3v) is 3.68. The van der Waals surface area contributed by atoms with Crippen molar-refractivity contribution in [2.24, 2.45) is 0 Å². The molecule has 1 aliphatic carbocycles. The highest BCUT2D eigenvalue weighted by atomic mass is 31.0. The highest BCUT2D eigenvalue weighted by Gasteiger charge is 2.03. The van der Waals surface area contributed by atoms with Gasteiger partial charge in [0.25, 0.3) is 0 Å². The molecule has 1 rings (SSSR count). The Morgan fingerprint density at radius 2 is 0.846 bits per heavy atom. The summed E-state index contributed by atoms with van der Waals surface area (Å²) in [6, 6.07) is 0. The number of rotatable bonds is 0. The largest absolute Gasteiger partial charge is 0.0958 e. The van der Waals surface area contributed by atoms with Crippen LogP contribution < -0.4 is 0 Å². The monoisotopic (exact) mass is 199 g/mol. The third-order valence-electron chi connectivity index (χ3n) is 3.11. The van der Waals surface area contributed by atoms with E-state index in [4.69, 9.17) is 0 Å². The lowest BCUT2D eigenvalue weighted by Gasteiger charge is -2.11. The Hall–Kier alpha value is 0.430. The highest BCUT2D eigenvalue weighted by molar-refractivity contribution is 7.17. The zero-order chi connectivity index (χ0) is 9.36. The molecular weight excluding hydrogens is 175 g/mol. The molecule has 1 fully saturated rings. The fraction of sp³-hybridized carbons (Fsp3) is 1.00. The highest BCUT2D eigenvalue weighted by Crippen LogP contribution is 2.20. The lowest BCUT2D eigenvalue weighted by atomic mass is 10.0. The summed E-state index contributed by atoms with van der Waals surface area (Å²) in [6.45, 7) is 0. The van der Waals surface area contributed by atoms with Gasteiger partial charge in [0, 0.05) is 0 Å². The van der Waals surface area contributed by atoms with E-state index in [9.17, 15) is 0 Å². The molecule has 0 bridgehead atoms. The van der Waals surface area contributed by atoms with E-state index < -0.39 is 0 Å².